The smallest absolute Gasteiger partial charge is 0.172 e. The molecule has 0 aromatic heterocycles. The number of hydrogen-bond donors (Lipinski definition) is 0. The highest BCUT2D eigenvalue weighted by molar-refractivity contribution is 9.11. The molecule has 2 aromatic rings. The Labute approximate surface area is 158 Å². The Balaban J connectivity index is 2.22. The molecule has 0 aliphatic rings. The van der Waals surface area contributed by atoms with Crippen molar-refractivity contribution < 1.29 is 13.6 Å². The van der Waals surface area contributed by atoms with E-state index in [1.165, 1.54) is 6.07 Å². The molecular weight excluding hydrogens is 467 g/mol. The van der Waals surface area contributed by atoms with Gasteiger partial charge in [-0.3, -0.25) is 0 Å². The predicted molar refractivity (Wildman–Crippen MR) is 101 cm³/mol. The molecule has 0 radical (unpaired) electrons. The molecule has 2 nitrogen and oxygen atoms in total. The second-order valence-electron chi connectivity index (χ2n) is 5.20. The summed E-state index contributed by atoms with van der Waals surface area (Å²) in [5.41, 5.74) is 0.457. The van der Waals surface area contributed by atoms with E-state index in [0.29, 0.717) is 16.3 Å². The molecule has 0 spiro atoms. The van der Waals surface area contributed by atoms with Gasteiger partial charge in [0.05, 0.1) is 8.95 Å². The van der Waals surface area contributed by atoms with Crippen LogP contribution in [0.4, 0.5) is 4.39 Å². The van der Waals surface area contributed by atoms with Gasteiger partial charge in [-0.25, -0.2) is 4.39 Å². The fourth-order valence-corrected chi connectivity index (χ4v) is 4.34. The van der Waals surface area contributed by atoms with Crippen molar-refractivity contribution in [3.63, 3.8) is 0 Å². The quantitative estimate of drug-likeness (QED) is 0.462. The Morgan fingerprint density at radius 1 is 1.17 bits per heavy atom. The highest BCUT2D eigenvalue weighted by Crippen LogP contribution is 2.34. The van der Waals surface area contributed by atoms with E-state index in [-0.39, 0.29) is 12.4 Å². The maximum atomic E-state index is 14.2. The lowest BCUT2D eigenvalue weighted by molar-refractivity contribution is 0.126. The molecule has 7 heteroatoms. The number of benzene rings is 2. The standard InChI is InChI=1S/C16H16Br2ClFO2Si/c1-23(2)22-15(11-7-6-10(19)8-14(11)20)9-21-16-12(17)4-3-5-13(16)18/h3-8,15,23H,9H2,1-2H3. The van der Waals surface area contributed by atoms with E-state index in [2.05, 4.69) is 31.9 Å². The zero-order valence-corrected chi connectivity index (χ0v) is 17.7. The minimum Gasteiger partial charge on any atom is -0.488 e. The van der Waals surface area contributed by atoms with E-state index in [1.54, 1.807) is 12.1 Å². The van der Waals surface area contributed by atoms with Crippen molar-refractivity contribution in [2.45, 2.75) is 19.2 Å². The van der Waals surface area contributed by atoms with Crippen molar-refractivity contribution in [3.05, 3.63) is 61.7 Å². The van der Waals surface area contributed by atoms with Crippen molar-refractivity contribution >= 4 is 52.5 Å². The second kappa shape index (κ2) is 8.62. The van der Waals surface area contributed by atoms with E-state index in [0.717, 1.165) is 8.95 Å². The molecule has 1 atom stereocenters. The van der Waals surface area contributed by atoms with Gasteiger partial charge in [-0.1, -0.05) is 23.7 Å². The maximum absolute atomic E-state index is 14.2. The first-order chi connectivity index (χ1) is 10.9. The summed E-state index contributed by atoms with van der Waals surface area (Å²) in [4.78, 5) is 0. The lowest BCUT2D eigenvalue weighted by Crippen LogP contribution is -2.21. The van der Waals surface area contributed by atoms with Crippen molar-refractivity contribution in [2.75, 3.05) is 6.61 Å². The Hall–Kier alpha value is -0.403. The first-order valence-corrected chi connectivity index (χ1v) is 11.8. The molecule has 0 saturated carbocycles. The van der Waals surface area contributed by atoms with Crippen LogP contribution in [0.3, 0.4) is 0 Å². The normalized spacial score (nSPS) is 12.5. The van der Waals surface area contributed by atoms with Crippen molar-refractivity contribution in [3.8, 4) is 5.75 Å². The lowest BCUT2D eigenvalue weighted by Gasteiger charge is -2.22. The van der Waals surface area contributed by atoms with Crippen LogP contribution in [0.15, 0.2) is 45.3 Å². The average Bonchev–Trinajstić information content (AvgIpc) is 2.45. The van der Waals surface area contributed by atoms with Crippen LogP contribution in [0.25, 0.3) is 0 Å². The van der Waals surface area contributed by atoms with Gasteiger partial charge < -0.3 is 9.16 Å². The van der Waals surface area contributed by atoms with Gasteiger partial charge in [0, 0.05) is 10.6 Å². The van der Waals surface area contributed by atoms with Crippen LogP contribution in [0.1, 0.15) is 11.7 Å². The van der Waals surface area contributed by atoms with Crippen molar-refractivity contribution in [2.24, 2.45) is 0 Å². The topological polar surface area (TPSA) is 18.5 Å². The van der Waals surface area contributed by atoms with Crippen LogP contribution in [-0.2, 0) is 4.43 Å². The van der Waals surface area contributed by atoms with Gasteiger partial charge in [-0.05, 0) is 69.2 Å². The monoisotopic (exact) mass is 480 g/mol. The van der Waals surface area contributed by atoms with Crippen molar-refractivity contribution in [1.82, 2.24) is 0 Å². The highest BCUT2D eigenvalue weighted by Gasteiger charge is 2.20. The minimum absolute atomic E-state index is 0.213. The molecule has 0 fully saturated rings. The molecule has 124 valence electrons. The SMILES string of the molecule is C[SiH](C)OC(COc1c(Br)cccc1Br)c1ccc(Cl)cc1F. The molecule has 0 aliphatic heterocycles. The van der Waals surface area contributed by atoms with Gasteiger partial charge in [0.25, 0.3) is 0 Å². The summed E-state index contributed by atoms with van der Waals surface area (Å²) in [7, 11) is -1.38. The summed E-state index contributed by atoms with van der Waals surface area (Å²) in [6, 6.07) is 10.3. The van der Waals surface area contributed by atoms with Crippen LogP contribution in [0.2, 0.25) is 18.1 Å². The molecule has 23 heavy (non-hydrogen) atoms. The summed E-state index contributed by atoms with van der Waals surface area (Å²) < 4.78 is 27.7. The predicted octanol–water partition coefficient (Wildman–Crippen LogP) is 6.12. The molecule has 2 aromatic carbocycles. The fourth-order valence-electron chi connectivity index (χ4n) is 2.07. The molecule has 0 heterocycles. The largest absolute Gasteiger partial charge is 0.488 e. The van der Waals surface area contributed by atoms with E-state index in [9.17, 15) is 4.39 Å². The number of halogens is 4. The van der Waals surface area contributed by atoms with Crippen LogP contribution in [-0.4, -0.2) is 15.6 Å². The zero-order valence-electron chi connectivity index (χ0n) is 12.7. The summed E-state index contributed by atoms with van der Waals surface area (Å²) in [5.74, 6) is 0.285. The van der Waals surface area contributed by atoms with Crippen LogP contribution >= 0.6 is 43.5 Å². The molecule has 0 aliphatic carbocycles. The summed E-state index contributed by atoms with van der Waals surface area (Å²) in [6.07, 6.45) is -0.474. The molecule has 0 saturated heterocycles. The van der Waals surface area contributed by atoms with Gasteiger partial charge in [-0.15, -0.1) is 0 Å². The number of para-hydroxylation sites is 1. The zero-order chi connectivity index (χ0) is 17.0. The van der Waals surface area contributed by atoms with E-state index < -0.39 is 15.1 Å². The Morgan fingerprint density at radius 3 is 2.39 bits per heavy atom. The Kier molecular flexibility index (Phi) is 7.10. The summed E-state index contributed by atoms with van der Waals surface area (Å²) in [6.45, 7) is 4.29. The molecule has 2 rings (SSSR count). The lowest BCUT2D eigenvalue weighted by atomic mass is 10.1. The Morgan fingerprint density at radius 2 is 1.83 bits per heavy atom. The molecule has 0 bridgehead atoms. The number of ether oxygens (including phenoxy) is 1. The van der Waals surface area contributed by atoms with Gasteiger partial charge >= 0.3 is 0 Å². The first kappa shape index (κ1) is 18.9. The molecular formula is C16H16Br2ClFO2Si. The van der Waals surface area contributed by atoms with Crippen LogP contribution < -0.4 is 4.74 Å². The third-order valence-electron chi connectivity index (χ3n) is 3.04. The average molecular weight is 483 g/mol. The highest BCUT2D eigenvalue weighted by atomic mass is 79.9. The van der Waals surface area contributed by atoms with E-state index in [4.69, 9.17) is 20.8 Å². The second-order valence-corrected chi connectivity index (χ2v) is 9.72. The maximum Gasteiger partial charge on any atom is 0.172 e. The van der Waals surface area contributed by atoms with Gasteiger partial charge in [0.1, 0.15) is 24.3 Å². The van der Waals surface area contributed by atoms with E-state index in [1.807, 2.05) is 31.3 Å². The number of rotatable bonds is 6. The summed E-state index contributed by atoms with van der Waals surface area (Å²) >= 11 is 12.7. The Bertz CT molecular complexity index is 665. The first-order valence-electron chi connectivity index (χ1n) is 7.05. The van der Waals surface area contributed by atoms with Gasteiger partial charge in [-0.2, -0.15) is 0 Å². The summed E-state index contributed by atoms with van der Waals surface area (Å²) in [5, 5.41) is 0.362. The minimum atomic E-state index is -1.38. The molecule has 0 amide bonds. The van der Waals surface area contributed by atoms with Gasteiger partial charge in [0.15, 0.2) is 9.04 Å². The third-order valence-corrected chi connectivity index (χ3v) is 5.40. The van der Waals surface area contributed by atoms with Gasteiger partial charge in [0.2, 0.25) is 0 Å². The van der Waals surface area contributed by atoms with E-state index >= 15 is 0 Å². The molecule has 1 unspecified atom stereocenters. The van der Waals surface area contributed by atoms with Crippen molar-refractivity contribution in [1.29, 1.82) is 0 Å². The van der Waals surface area contributed by atoms with Crippen LogP contribution in [0, 0.1) is 5.82 Å². The fraction of sp³-hybridized carbons (Fsp3) is 0.250. The third kappa shape index (κ3) is 5.29. The molecule has 0 N–H and O–H groups in total. The number of hydrogen-bond acceptors (Lipinski definition) is 2. The van der Waals surface area contributed by atoms with Crippen LogP contribution in [0.5, 0.6) is 5.75 Å².